The van der Waals surface area contributed by atoms with E-state index in [0.29, 0.717) is 13.0 Å². The number of carbonyl (C=O) groups is 1. The van der Waals surface area contributed by atoms with Crippen LogP contribution in [0.5, 0.6) is 0 Å². The third-order valence-electron chi connectivity index (χ3n) is 4.84. The van der Waals surface area contributed by atoms with Crippen LogP contribution in [0.15, 0.2) is 30.5 Å². The maximum Gasteiger partial charge on any atom is 0.241 e. The van der Waals surface area contributed by atoms with E-state index in [-0.39, 0.29) is 36.8 Å². The van der Waals surface area contributed by atoms with E-state index >= 15 is 0 Å². The molecule has 1 amide bonds. The average molecular weight is 399 g/mol. The van der Waals surface area contributed by atoms with Crippen LogP contribution < -0.4 is 10.6 Å². The Bertz CT molecular complexity index is 748. The molecule has 0 radical (unpaired) electrons. The number of aromatic nitrogens is 2. The number of amides is 1. The molecule has 1 saturated heterocycles. The van der Waals surface area contributed by atoms with Crippen molar-refractivity contribution in [2.45, 2.75) is 44.4 Å². The van der Waals surface area contributed by atoms with E-state index in [2.05, 4.69) is 20.2 Å². The number of aliphatic hydroxyl groups excluding tert-OH is 1. The Labute approximate surface area is 165 Å². The predicted octanol–water partition coefficient (Wildman–Crippen LogP) is 2.39. The number of aryl methyl sites for hydroxylation is 1. The summed E-state index contributed by atoms with van der Waals surface area (Å²) in [6.07, 6.45) is 5.53. The van der Waals surface area contributed by atoms with Gasteiger partial charge in [-0.05, 0) is 49.9 Å². The molecular weight excluding hydrogens is 375 g/mol. The Kier molecular flexibility index (Phi) is 7.06. The second kappa shape index (κ2) is 8.86. The molecule has 1 aromatic heterocycles. The highest BCUT2D eigenvalue weighted by atomic mass is 35.5. The minimum atomic E-state index is -0.435. The Morgan fingerprint density at radius 2 is 2.00 bits per heavy atom. The number of fused-ring (bicyclic) bond motifs is 1. The SMILES string of the molecule is Cl.Cl.O=C(Nc1ccc(-c2ncc3n2CCCC3)cc1)C1CC(O)CN1. The summed E-state index contributed by atoms with van der Waals surface area (Å²) in [6.45, 7) is 1.50. The van der Waals surface area contributed by atoms with Crippen LogP contribution in [0.4, 0.5) is 5.69 Å². The third-order valence-corrected chi connectivity index (χ3v) is 4.84. The Balaban J connectivity index is 0.00000121. The van der Waals surface area contributed by atoms with Crippen LogP contribution in [-0.4, -0.2) is 39.3 Å². The quantitative estimate of drug-likeness (QED) is 0.741. The molecule has 0 aliphatic carbocycles. The molecule has 1 fully saturated rings. The maximum absolute atomic E-state index is 12.2. The van der Waals surface area contributed by atoms with Gasteiger partial charge in [0.25, 0.3) is 0 Å². The van der Waals surface area contributed by atoms with Gasteiger partial charge in [0.1, 0.15) is 5.82 Å². The lowest BCUT2D eigenvalue weighted by atomic mass is 10.1. The molecular formula is C18H24Cl2N4O2. The Morgan fingerprint density at radius 3 is 2.69 bits per heavy atom. The third kappa shape index (κ3) is 4.20. The molecule has 2 aliphatic rings. The van der Waals surface area contributed by atoms with Crippen molar-refractivity contribution in [1.82, 2.24) is 14.9 Å². The zero-order valence-electron chi connectivity index (χ0n) is 14.4. The summed E-state index contributed by atoms with van der Waals surface area (Å²) >= 11 is 0. The van der Waals surface area contributed by atoms with E-state index in [1.165, 1.54) is 18.5 Å². The standard InChI is InChI=1S/C18H22N4O2.2ClH/c23-15-9-16(19-11-15)18(24)21-13-6-4-12(5-7-13)17-20-10-14-3-1-2-8-22(14)17;;/h4-7,10,15-16,19,23H,1-3,8-9,11H2,(H,21,24);2*1H. The number of hydrogen-bond donors (Lipinski definition) is 3. The van der Waals surface area contributed by atoms with Gasteiger partial charge in [-0.2, -0.15) is 0 Å². The molecule has 0 saturated carbocycles. The van der Waals surface area contributed by atoms with Gasteiger partial charge in [-0.15, -0.1) is 24.8 Å². The normalized spacial score (nSPS) is 21.3. The van der Waals surface area contributed by atoms with E-state index in [9.17, 15) is 9.90 Å². The Morgan fingerprint density at radius 1 is 1.23 bits per heavy atom. The molecule has 26 heavy (non-hydrogen) atoms. The summed E-state index contributed by atoms with van der Waals surface area (Å²) < 4.78 is 2.29. The number of carbonyl (C=O) groups excluding carboxylic acids is 1. The summed E-state index contributed by atoms with van der Waals surface area (Å²) in [5.41, 5.74) is 3.13. The number of nitrogens with one attached hydrogen (secondary N) is 2. The summed E-state index contributed by atoms with van der Waals surface area (Å²) in [5.74, 6) is 0.903. The second-order valence-electron chi connectivity index (χ2n) is 6.60. The molecule has 2 atom stereocenters. The molecule has 0 spiro atoms. The van der Waals surface area contributed by atoms with Crippen LogP contribution in [0.25, 0.3) is 11.4 Å². The number of rotatable bonds is 3. The van der Waals surface area contributed by atoms with Gasteiger partial charge < -0.3 is 20.3 Å². The number of halogens is 2. The minimum Gasteiger partial charge on any atom is -0.392 e. The maximum atomic E-state index is 12.2. The van der Waals surface area contributed by atoms with Gasteiger partial charge in [0.2, 0.25) is 5.91 Å². The van der Waals surface area contributed by atoms with Gasteiger partial charge in [0.05, 0.1) is 12.1 Å². The van der Waals surface area contributed by atoms with Crippen molar-refractivity contribution < 1.29 is 9.90 Å². The first-order chi connectivity index (χ1) is 11.7. The van der Waals surface area contributed by atoms with Gasteiger partial charge in [-0.1, -0.05) is 0 Å². The number of benzene rings is 1. The lowest BCUT2D eigenvalue weighted by Gasteiger charge is -2.16. The number of anilines is 1. The van der Waals surface area contributed by atoms with Crippen LogP contribution in [0.3, 0.4) is 0 Å². The summed E-state index contributed by atoms with van der Waals surface area (Å²) in [6, 6.07) is 7.48. The van der Waals surface area contributed by atoms with Crippen molar-refractivity contribution in [3.05, 3.63) is 36.2 Å². The summed E-state index contributed by atoms with van der Waals surface area (Å²) in [4.78, 5) is 16.7. The average Bonchev–Trinajstić information content (AvgIpc) is 3.22. The fourth-order valence-electron chi connectivity index (χ4n) is 3.52. The number of β-amino-alcohol motifs (C(OH)–C–C–N with tert-alkyl or cyclic N) is 1. The van der Waals surface area contributed by atoms with Crippen LogP contribution in [-0.2, 0) is 17.8 Å². The number of hydrogen-bond acceptors (Lipinski definition) is 4. The highest BCUT2D eigenvalue weighted by Gasteiger charge is 2.28. The van der Waals surface area contributed by atoms with Crippen molar-refractivity contribution >= 4 is 36.4 Å². The monoisotopic (exact) mass is 398 g/mol. The number of aliphatic hydroxyl groups is 1. The molecule has 8 heteroatoms. The first kappa shape index (κ1) is 20.7. The smallest absolute Gasteiger partial charge is 0.241 e. The number of imidazole rings is 1. The lowest BCUT2D eigenvalue weighted by Crippen LogP contribution is -2.35. The highest BCUT2D eigenvalue weighted by Crippen LogP contribution is 2.25. The van der Waals surface area contributed by atoms with E-state index in [4.69, 9.17) is 0 Å². The van der Waals surface area contributed by atoms with Crippen molar-refractivity contribution in [1.29, 1.82) is 0 Å². The molecule has 3 heterocycles. The molecule has 2 unspecified atom stereocenters. The van der Waals surface area contributed by atoms with Gasteiger partial charge >= 0.3 is 0 Å². The van der Waals surface area contributed by atoms with Crippen molar-refractivity contribution in [3.63, 3.8) is 0 Å². The fraction of sp³-hybridized carbons (Fsp3) is 0.444. The van der Waals surface area contributed by atoms with Crippen LogP contribution >= 0.6 is 24.8 Å². The molecule has 4 rings (SSSR count). The van der Waals surface area contributed by atoms with Crippen molar-refractivity contribution in [3.8, 4) is 11.4 Å². The van der Waals surface area contributed by atoms with E-state index in [0.717, 1.165) is 30.0 Å². The first-order valence-corrected chi connectivity index (χ1v) is 8.58. The summed E-state index contributed by atoms with van der Waals surface area (Å²) in [7, 11) is 0. The van der Waals surface area contributed by atoms with Crippen LogP contribution in [0.2, 0.25) is 0 Å². The molecule has 2 aromatic rings. The highest BCUT2D eigenvalue weighted by molar-refractivity contribution is 5.95. The zero-order valence-corrected chi connectivity index (χ0v) is 16.0. The van der Waals surface area contributed by atoms with Crippen molar-refractivity contribution in [2.75, 3.05) is 11.9 Å². The first-order valence-electron chi connectivity index (χ1n) is 8.58. The predicted molar refractivity (Wildman–Crippen MR) is 106 cm³/mol. The van der Waals surface area contributed by atoms with Gasteiger partial charge in [0, 0.05) is 36.2 Å². The van der Waals surface area contributed by atoms with E-state index < -0.39 is 6.10 Å². The number of nitrogens with zero attached hydrogens (tertiary/aromatic N) is 2. The largest absolute Gasteiger partial charge is 0.392 e. The molecule has 142 valence electrons. The molecule has 0 bridgehead atoms. The molecule has 3 N–H and O–H groups in total. The van der Waals surface area contributed by atoms with Gasteiger partial charge in [0.15, 0.2) is 0 Å². The fourth-order valence-corrected chi connectivity index (χ4v) is 3.52. The summed E-state index contributed by atoms with van der Waals surface area (Å²) in [5, 5.41) is 15.4. The minimum absolute atomic E-state index is 0. The topological polar surface area (TPSA) is 79.2 Å². The van der Waals surface area contributed by atoms with Gasteiger partial charge in [-0.25, -0.2) is 4.98 Å². The Hall–Kier alpha value is -1.60. The second-order valence-corrected chi connectivity index (χ2v) is 6.60. The van der Waals surface area contributed by atoms with E-state index in [1.807, 2.05) is 30.5 Å². The zero-order chi connectivity index (χ0) is 16.5. The molecule has 2 aliphatic heterocycles. The van der Waals surface area contributed by atoms with E-state index in [1.54, 1.807) is 0 Å². The van der Waals surface area contributed by atoms with Crippen LogP contribution in [0.1, 0.15) is 25.0 Å². The van der Waals surface area contributed by atoms with Crippen molar-refractivity contribution in [2.24, 2.45) is 0 Å². The molecule has 6 nitrogen and oxygen atoms in total. The lowest BCUT2D eigenvalue weighted by molar-refractivity contribution is -0.117. The van der Waals surface area contributed by atoms with Gasteiger partial charge in [-0.3, -0.25) is 4.79 Å². The molecule has 1 aromatic carbocycles. The van der Waals surface area contributed by atoms with Crippen LogP contribution in [0, 0.1) is 0 Å².